The van der Waals surface area contributed by atoms with Gasteiger partial charge in [0.15, 0.2) is 0 Å². The standard InChI is InChI=1S/C26H32N6O2/c1-25(2,3)30-23(33)19-12-9-14-21(28-19)32(17-18-11-7-8-16-27-18)22-15-10-13-20(29-22)24(34)31-26(4,5)6/h7-16H,17H2,1-6H3,(H,30,33)(H,31,34). The van der Waals surface area contributed by atoms with Crippen molar-refractivity contribution in [1.82, 2.24) is 25.6 Å². The van der Waals surface area contributed by atoms with Crippen LogP contribution in [0.5, 0.6) is 0 Å². The van der Waals surface area contributed by atoms with E-state index in [1.54, 1.807) is 42.6 Å². The molecule has 8 heteroatoms. The third kappa shape index (κ3) is 7.10. The van der Waals surface area contributed by atoms with Gasteiger partial charge in [0.2, 0.25) is 0 Å². The van der Waals surface area contributed by atoms with E-state index >= 15 is 0 Å². The van der Waals surface area contributed by atoms with Gasteiger partial charge in [-0.25, -0.2) is 9.97 Å². The Balaban J connectivity index is 2.01. The van der Waals surface area contributed by atoms with Crippen LogP contribution in [0.25, 0.3) is 0 Å². The summed E-state index contributed by atoms with van der Waals surface area (Å²) >= 11 is 0. The van der Waals surface area contributed by atoms with E-state index < -0.39 is 11.1 Å². The number of rotatable bonds is 6. The highest BCUT2D eigenvalue weighted by Crippen LogP contribution is 2.25. The lowest BCUT2D eigenvalue weighted by Crippen LogP contribution is -2.41. The van der Waals surface area contributed by atoms with Crippen LogP contribution in [0.4, 0.5) is 11.6 Å². The zero-order valence-corrected chi connectivity index (χ0v) is 20.6. The molecule has 0 bridgehead atoms. The smallest absolute Gasteiger partial charge is 0.270 e. The van der Waals surface area contributed by atoms with Crippen LogP contribution in [-0.4, -0.2) is 37.8 Å². The van der Waals surface area contributed by atoms with Gasteiger partial charge in [0.05, 0.1) is 12.2 Å². The number of anilines is 2. The number of hydrogen-bond acceptors (Lipinski definition) is 6. The van der Waals surface area contributed by atoms with Crippen LogP contribution in [0.1, 0.15) is 68.2 Å². The first kappa shape index (κ1) is 24.8. The normalized spacial score (nSPS) is 11.6. The van der Waals surface area contributed by atoms with Crippen molar-refractivity contribution in [3.05, 3.63) is 77.9 Å². The first-order valence-corrected chi connectivity index (χ1v) is 11.2. The van der Waals surface area contributed by atoms with Crippen LogP contribution in [-0.2, 0) is 6.54 Å². The molecule has 0 spiro atoms. The lowest BCUT2D eigenvalue weighted by molar-refractivity contribution is 0.0905. The van der Waals surface area contributed by atoms with Gasteiger partial charge in [-0.15, -0.1) is 0 Å². The minimum Gasteiger partial charge on any atom is -0.346 e. The molecule has 8 nitrogen and oxygen atoms in total. The summed E-state index contributed by atoms with van der Waals surface area (Å²) in [5.74, 6) is 0.512. The Labute approximate surface area is 200 Å². The molecule has 0 aromatic carbocycles. The Bertz CT molecular complexity index is 1080. The molecule has 0 atom stereocenters. The lowest BCUT2D eigenvalue weighted by Gasteiger charge is -2.25. The van der Waals surface area contributed by atoms with Crippen LogP contribution >= 0.6 is 0 Å². The minimum atomic E-state index is -0.390. The Morgan fingerprint density at radius 1 is 0.735 bits per heavy atom. The molecule has 0 unspecified atom stereocenters. The van der Waals surface area contributed by atoms with Crippen LogP contribution in [0, 0.1) is 0 Å². The summed E-state index contributed by atoms with van der Waals surface area (Å²) in [6.45, 7) is 11.9. The number of carbonyl (C=O) groups is 2. The van der Waals surface area contributed by atoms with Gasteiger partial charge in [-0.3, -0.25) is 14.6 Å². The van der Waals surface area contributed by atoms with Crippen LogP contribution < -0.4 is 15.5 Å². The molecular weight excluding hydrogens is 428 g/mol. The summed E-state index contributed by atoms with van der Waals surface area (Å²) in [5, 5.41) is 5.87. The predicted molar refractivity (Wildman–Crippen MR) is 133 cm³/mol. The van der Waals surface area contributed by atoms with Crippen molar-refractivity contribution in [3.8, 4) is 0 Å². The Morgan fingerprint density at radius 3 is 1.65 bits per heavy atom. The number of amides is 2. The third-order valence-electron chi connectivity index (χ3n) is 4.51. The summed E-state index contributed by atoms with van der Waals surface area (Å²) in [6, 6.07) is 16.2. The first-order chi connectivity index (χ1) is 15.9. The van der Waals surface area contributed by atoms with Crippen LogP contribution in [0.2, 0.25) is 0 Å². The molecule has 3 rings (SSSR count). The number of pyridine rings is 3. The highest BCUT2D eigenvalue weighted by atomic mass is 16.2. The maximum atomic E-state index is 12.7. The van der Waals surface area contributed by atoms with Crippen molar-refractivity contribution in [3.63, 3.8) is 0 Å². The minimum absolute atomic E-state index is 0.265. The number of aromatic nitrogens is 3. The van der Waals surface area contributed by atoms with E-state index in [2.05, 4.69) is 25.6 Å². The molecule has 0 aliphatic heterocycles. The molecule has 0 saturated heterocycles. The van der Waals surface area contributed by atoms with Gasteiger partial charge in [-0.2, -0.15) is 0 Å². The van der Waals surface area contributed by atoms with E-state index in [9.17, 15) is 9.59 Å². The summed E-state index contributed by atoms with van der Waals surface area (Å²) in [4.78, 5) is 40.9. The number of nitrogens with one attached hydrogen (secondary N) is 2. The number of carbonyl (C=O) groups excluding carboxylic acids is 2. The number of nitrogens with zero attached hydrogens (tertiary/aromatic N) is 4. The fourth-order valence-electron chi connectivity index (χ4n) is 3.14. The molecule has 34 heavy (non-hydrogen) atoms. The molecular formula is C26H32N6O2. The summed E-state index contributed by atoms with van der Waals surface area (Å²) in [5.41, 5.74) is 0.595. The van der Waals surface area contributed by atoms with E-state index in [1.165, 1.54) is 0 Å². The molecule has 0 saturated carbocycles. The molecule has 178 valence electrons. The molecule has 0 radical (unpaired) electrons. The molecule has 0 fully saturated rings. The fraction of sp³-hybridized carbons (Fsp3) is 0.346. The predicted octanol–water partition coefficient (Wildman–Crippen LogP) is 4.27. The average molecular weight is 461 g/mol. The Kier molecular flexibility index (Phi) is 7.29. The first-order valence-electron chi connectivity index (χ1n) is 11.2. The summed E-state index contributed by atoms with van der Waals surface area (Å²) in [7, 11) is 0. The van der Waals surface area contributed by atoms with E-state index in [4.69, 9.17) is 0 Å². The van der Waals surface area contributed by atoms with Gasteiger partial charge in [0.25, 0.3) is 11.8 Å². The fourth-order valence-corrected chi connectivity index (χ4v) is 3.14. The average Bonchev–Trinajstić information content (AvgIpc) is 2.76. The maximum Gasteiger partial charge on any atom is 0.270 e. The largest absolute Gasteiger partial charge is 0.346 e. The molecule has 3 aromatic rings. The highest BCUT2D eigenvalue weighted by Gasteiger charge is 2.21. The topological polar surface area (TPSA) is 100 Å². The second kappa shape index (κ2) is 9.99. The van der Waals surface area contributed by atoms with Gasteiger partial charge in [0, 0.05) is 17.3 Å². The van der Waals surface area contributed by atoms with Crippen molar-refractivity contribution in [1.29, 1.82) is 0 Å². The van der Waals surface area contributed by atoms with E-state index in [-0.39, 0.29) is 11.8 Å². The Morgan fingerprint density at radius 2 is 1.24 bits per heavy atom. The van der Waals surface area contributed by atoms with E-state index in [0.29, 0.717) is 29.6 Å². The van der Waals surface area contributed by atoms with Gasteiger partial charge in [-0.05, 0) is 77.9 Å². The molecule has 3 aromatic heterocycles. The Hall–Kier alpha value is -3.81. The molecule has 0 aliphatic rings. The molecule has 3 heterocycles. The van der Waals surface area contributed by atoms with Gasteiger partial charge >= 0.3 is 0 Å². The summed E-state index contributed by atoms with van der Waals surface area (Å²) in [6.07, 6.45) is 1.72. The second-order valence-electron chi connectivity index (χ2n) is 10.1. The zero-order chi connectivity index (χ0) is 24.9. The van der Waals surface area contributed by atoms with Crippen molar-refractivity contribution < 1.29 is 9.59 Å². The van der Waals surface area contributed by atoms with Crippen molar-refractivity contribution >= 4 is 23.5 Å². The molecule has 0 aliphatic carbocycles. The van der Waals surface area contributed by atoms with Crippen LogP contribution in [0.3, 0.4) is 0 Å². The van der Waals surface area contributed by atoms with Gasteiger partial charge in [-0.1, -0.05) is 18.2 Å². The highest BCUT2D eigenvalue weighted by molar-refractivity contribution is 5.94. The van der Waals surface area contributed by atoms with Crippen molar-refractivity contribution in [2.24, 2.45) is 0 Å². The van der Waals surface area contributed by atoms with Crippen LogP contribution in [0.15, 0.2) is 60.8 Å². The monoisotopic (exact) mass is 460 g/mol. The van der Waals surface area contributed by atoms with Gasteiger partial charge < -0.3 is 15.5 Å². The lowest BCUT2D eigenvalue weighted by atomic mass is 10.1. The van der Waals surface area contributed by atoms with E-state index in [0.717, 1.165) is 5.69 Å². The molecule has 2 N–H and O–H groups in total. The number of hydrogen-bond donors (Lipinski definition) is 2. The van der Waals surface area contributed by atoms with Crippen molar-refractivity contribution in [2.45, 2.75) is 59.2 Å². The zero-order valence-electron chi connectivity index (χ0n) is 20.6. The van der Waals surface area contributed by atoms with Crippen molar-refractivity contribution in [2.75, 3.05) is 4.90 Å². The second-order valence-corrected chi connectivity index (χ2v) is 10.1. The molecule has 2 amide bonds. The third-order valence-corrected chi connectivity index (χ3v) is 4.51. The maximum absolute atomic E-state index is 12.7. The quantitative estimate of drug-likeness (QED) is 0.570. The van der Waals surface area contributed by atoms with E-state index in [1.807, 2.05) is 64.6 Å². The summed E-state index contributed by atoms with van der Waals surface area (Å²) < 4.78 is 0. The SMILES string of the molecule is CC(C)(C)NC(=O)c1cccc(N(Cc2ccccn2)c2cccc(C(=O)NC(C)(C)C)n2)n1. The van der Waals surface area contributed by atoms with Gasteiger partial charge in [0.1, 0.15) is 23.0 Å².